The number of carbonyl (C=O) groups is 1. The fourth-order valence-corrected chi connectivity index (χ4v) is 3.15. The second-order valence-electron chi connectivity index (χ2n) is 5.28. The lowest BCUT2D eigenvalue weighted by molar-refractivity contribution is 0.0732. The van der Waals surface area contributed by atoms with Gasteiger partial charge >= 0.3 is 0 Å². The normalized spacial score (nSPS) is 14.2. The smallest absolute Gasteiger partial charge is 0.256 e. The molecule has 0 unspecified atom stereocenters. The monoisotopic (exact) mass is 286 g/mol. The first-order valence-corrected chi connectivity index (χ1v) is 7.73. The summed E-state index contributed by atoms with van der Waals surface area (Å²) in [6, 6.07) is 10.1. The third-order valence-electron chi connectivity index (χ3n) is 3.67. The molecule has 1 fully saturated rings. The van der Waals surface area contributed by atoms with Crippen LogP contribution in [0.2, 0.25) is 0 Å². The van der Waals surface area contributed by atoms with Crippen molar-refractivity contribution < 1.29 is 4.79 Å². The summed E-state index contributed by atoms with van der Waals surface area (Å²) in [7, 11) is 0. The van der Waals surface area contributed by atoms with E-state index in [9.17, 15) is 4.79 Å². The summed E-state index contributed by atoms with van der Waals surface area (Å²) in [5.74, 6) is 0.0662. The molecule has 3 nitrogen and oxygen atoms in total. The Morgan fingerprint density at radius 1 is 1.35 bits per heavy atom. The number of benzene rings is 1. The Morgan fingerprint density at radius 2 is 2.15 bits per heavy atom. The maximum Gasteiger partial charge on any atom is 0.256 e. The molecule has 1 saturated carbocycles. The van der Waals surface area contributed by atoms with Crippen LogP contribution in [-0.2, 0) is 6.54 Å². The van der Waals surface area contributed by atoms with Crippen LogP contribution in [0.25, 0.3) is 0 Å². The van der Waals surface area contributed by atoms with E-state index in [1.165, 1.54) is 4.88 Å². The predicted molar refractivity (Wildman–Crippen MR) is 82.8 cm³/mol. The van der Waals surface area contributed by atoms with Gasteiger partial charge in [-0.25, -0.2) is 0 Å². The number of anilines is 1. The van der Waals surface area contributed by atoms with Crippen LogP contribution in [-0.4, -0.2) is 16.8 Å². The van der Waals surface area contributed by atoms with Gasteiger partial charge in [0.25, 0.3) is 5.91 Å². The zero-order valence-corrected chi connectivity index (χ0v) is 12.3. The summed E-state index contributed by atoms with van der Waals surface area (Å²) in [6.07, 6.45) is 2.20. The molecule has 104 valence electrons. The van der Waals surface area contributed by atoms with Gasteiger partial charge in [-0.1, -0.05) is 18.2 Å². The predicted octanol–water partition coefficient (Wildman–Crippen LogP) is 3.44. The van der Waals surface area contributed by atoms with Crippen LogP contribution in [0.1, 0.15) is 33.6 Å². The van der Waals surface area contributed by atoms with Gasteiger partial charge in [-0.15, -0.1) is 11.3 Å². The number of thiophene rings is 1. The second-order valence-corrected chi connectivity index (χ2v) is 6.31. The highest BCUT2D eigenvalue weighted by Crippen LogP contribution is 2.32. The molecule has 0 aliphatic heterocycles. The minimum atomic E-state index is 0.0662. The average Bonchev–Trinajstić information content (AvgIpc) is 3.12. The van der Waals surface area contributed by atoms with Crippen molar-refractivity contribution >= 4 is 22.9 Å². The van der Waals surface area contributed by atoms with Crippen LogP contribution in [0.5, 0.6) is 0 Å². The van der Waals surface area contributed by atoms with Crippen molar-refractivity contribution in [3.05, 3.63) is 51.7 Å². The lowest BCUT2D eigenvalue weighted by atomic mass is 10.1. The number of nitrogens with zero attached hydrogens (tertiary/aromatic N) is 1. The molecule has 1 aliphatic rings. The molecule has 0 bridgehead atoms. The van der Waals surface area contributed by atoms with Crippen LogP contribution in [0.3, 0.4) is 0 Å². The van der Waals surface area contributed by atoms with E-state index in [-0.39, 0.29) is 5.91 Å². The van der Waals surface area contributed by atoms with Crippen molar-refractivity contribution in [1.82, 2.24) is 4.90 Å². The van der Waals surface area contributed by atoms with E-state index in [0.717, 1.165) is 18.4 Å². The first-order chi connectivity index (χ1) is 9.66. The molecular weight excluding hydrogens is 268 g/mol. The third kappa shape index (κ3) is 2.56. The maximum atomic E-state index is 12.8. The number of hydrogen-bond acceptors (Lipinski definition) is 3. The molecule has 2 N–H and O–H groups in total. The molecular formula is C16H18N2OS. The van der Waals surface area contributed by atoms with Gasteiger partial charge in [0.15, 0.2) is 0 Å². The number of amides is 1. The Morgan fingerprint density at radius 3 is 2.75 bits per heavy atom. The quantitative estimate of drug-likeness (QED) is 0.875. The van der Waals surface area contributed by atoms with E-state index in [0.29, 0.717) is 23.8 Å². The van der Waals surface area contributed by atoms with Gasteiger partial charge in [0.05, 0.1) is 12.1 Å². The molecule has 1 amide bonds. The highest BCUT2D eigenvalue weighted by atomic mass is 32.1. The Hall–Kier alpha value is -1.81. The van der Waals surface area contributed by atoms with Crippen molar-refractivity contribution in [2.75, 3.05) is 5.73 Å². The van der Waals surface area contributed by atoms with E-state index in [2.05, 4.69) is 6.07 Å². The summed E-state index contributed by atoms with van der Waals surface area (Å²) in [4.78, 5) is 16.0. The number of aryl methyl sites for hydroxylation is 1. The molecule has 0 atom stereocenters. The molecule has 20 heavy (non-hydrogen) atoms. The average molecular weight is 286 g/mol. The van der Waals surface area contributed by atoms with Crippen LogP contribution < -0.4 is 5.73 Å². The van der Waals surface area contributed by atoms with E-state index >= 15 is 0 Å². The first kappa shape index (κ1) is 13.2. The lowest BCUT2D eigenvalue weighted by Gasteiger charge is -2.23. The fourth-order valence-electron chi connectivity index (χ4n) is 2.45. The second kappa shape index (κ2) is 5.29. The van der Waals surface area contributed by atoms with E-state index in [4.69, 9.17) is 5.73 Å². The zero-order valence-electron chi connectivity index (χ0n) is 11.5. The van der Waals surface area contributed by atoms with Crippen molar-refractivity contribution in [2.24, 2.45) is 0 Å². The van der Waals surface area contributed by atoms with Gasteiger partial charge in [0, 0.05) is 16.6 Å². The first-order valence-electron chi connectivity index (χ1n) is 6.85. The zero-order chi connectivity index (χ0) is 14.1. The van der Waals surface area contributed by atoms with Gasteiger partial charge < -0.3 is 10.6 Å². The number of nitrogen functional groups attached to an aromatic ring is 1. The Balaban J connectivity index is 1.89. The highest BCUT2D eigenvalue weighted by Gasteiger charge is 2.34. The molecule has 0 radical (unpaired) electrons. The summed E-state index contributed by atoms with van der Waals surface area (Å²) in [6.45, 7) is 2.63. The standard InChI is InChI=1S/C16H18N2OS/c1-11-4-2-6-14(17)15(11)16(19)18(12-7-8-12)10-13-5-3-9-20-13/h2-6,9,12H,7-8,10,17H2,1H3. The van der Waals surface area contributed by atoms with E-state index in [1.807, 2.05) is 35.4 Å². The van der Waals surface area contributed by atoms with Crippen molar-refractivity contribution in [2.45, 2.75) is 32.4 Å². The Kier molecular flexibility index (Phi) is 3.49. The summed E-state index contributed by atoms with van der Waals surface area (Å²) >= 11 is 1.69. The van der Waals surface area contributed by atoms with Crippen LogP contribution in [0.15, 0.2) is 35.7 Å². The number of nitrogens with two attached hydrogens (primary N) is 1. The van der Waals surface area contributed by atoms with Crippen LogP contribution in [0.4, 0.5) is 5.69 Å². The SMILES string of the molecule is Cc1cccc(N)c1C(=O)N(Cc1cccs1)C1CC1. The molecule has 1 aromatic carbocycles. The van der Waals surface area contributed by atoms with Crippen molar-refractivity contribution in [1.29, 1.82) is 0 Å². The molecule has 3 rings (SSSR count). The Bertz CT molecular complexity index is 597. The molecule has 4 heteroatoms. The topological polar surface area (TPSA) is 46.3 Å². The van der Waals surface area contributed by atoms with Gasteiger partial charge in [-0.3, -0.25) is 4.79 Å². The van der Waals surface area contributed by atoms with E-state index in [1.54, 1.807) is 17.4 Å². The van der Waals surface area contributed by atoms with Gasteiger partial charge in [-0.05, 0) is 42.8 Å². The number of hydrogen-bond donors (Lipinski definition) is 1. The van der Waals surface area contributed by atoms with Crippen LogP contribution in [0, 0.1) is 6.92 Å². The lowest BCUT2D eigenvalue weighted by Crippen LogP contribution is -2.33. The van der Waals surface area contributed by atoms with Gasteiger partial charge in [0.2, 0.25) is 0 Å². The molecule has 1 aromatic heterocycles. The fraction of sp³-hybridized carbons (Fsp3) is 0.312. The van der Waals surface area contributed by atoms with Crippen LogP contribution >= 0.6 is 11.3 Å². The maximum absolute atomic E-state index is 12.8. The Labute approximate surface area is 123 Å². The van der Waals surface area contributed by atoms with Crippen molar-refractivity contribution in [3.8, 4) is 0 Å². The molecule has 1 aliphatic carbocycles. The number of rotatable bonds is 4. The van der Waals surface area contributed by atoms with Crippen molar-refractivity contribution in [3.63, 3.8) is 0 Å². The van der Waals surface area contributed by atoms with Gasteiger partial charge in [0.1, 0.15) is 0 Å². The largest absolute Gasteiger partial charge is 0.398 e. The van der Waals surface area contributed by atoms with E-state index < -0.39 is 0 Å². The number of carbonyl (C=O) groups excluding carboxylic acids is 1. The molecule has 2 aromatic rings. The third-order valence-corrected chi connectivity index (χ3v) is 4.53. The molecule has 0 spiro atoms. The minimum absolute atomic E-state index is 0.0662. The summed E-state index contributed by atoms with van der Waals surface area (Å²) in [5.41, 5.74) is 8.20. The molecule has 1 heterocycles. The summed E-state index contributed by atoms with van der Waals surface area (Å²) in [5, 5.41) is 2.05. The minimum Gasteiger partial charge on any atom is -0.398 e. The van der Waals surface area contributed by atoms with Gasteiger partial charge in [-0.2, -0.15) is 0 Å². The molecule has 0 saturated heterocycles. The highest BCUT2D eigenvalue weighted by molar-refractivity contribution is 7.09. The summed E-state index contributed by atoms with van der Waals surface area (Å²) < 4.78 is 0.